The average molecular weight is 503 g/mol. The van der Waals surface area contributed by atoms with Crippen LogP contribution in [0.25, 0.3) is 10.9 Å². The van der Waals surface area contributed by atoms with Gasteiger partial charge >= 0.3 is 5.97 Å². The summed E-state index contributed by atoms with van der Waals surface area (Å²) in [7, 11) is 0. The van der Waals surface area contributed by atoms with Crippen LogP contribution in [0.2, 0.25) is 0 Å². The van der Waals surface area contributed by atoms with Crippen LogP contribution in [0.5, 0.6) is 0 Å². The van der Waals surface area contributed by atoms with Crippen LogP contribution in [0, 0.1) is 5.92 Å². The van der Waals surface area contributed by atoms with E-state index in [0.717, 1.165) is 73.0 Å². The van der Waals surface area contributed by atoms with Crippen molar-refractivity contribution in [3.63, 3.8) is 0 Å². The number of benzene rings is 1. The molecule has 7 heteroatoms. The topological polar surface area (TPSA) is 95.4 Å². The number of carbonyl (C=O) groups is 2. The number of likely N-dealkylation sites (tertiary alicyclic amines) is 1. The van der Waals surface area contributed by atoms with Crippen LogP contribution in [0.15, 0.2) is 48.7 Å². The number of carboxylic acid groups (broad SMARTS) is 1. The predicted octanol–water partition coefficient (Wildman–Crippen LogP) is 5.44. The van der Waals surface area contributed by atoms with E-state index in [9.17, 15) is 14.7 Å². The molecule has 0 bridgehead atoms. The molecular weight excluding hydrogens is 464 g/mol. The van der Waals surface area contributed by atoms with E-state index in [0.29, 0.717) is 19.5 Å². The number of fused-ring (bicyclic) bond motifs is 2. The number of hydrogen-bond acceptors (Lipinski definition) is 5. The Labute approximate surface area is 219 Å². The molecule has 2 N–H and O–H groups in total. The third-order valence-corrected chi connectivity index (χ3v) is 7.67. The molecule has 196 valence electrons. The number of aromatic nitrogens is 2. The van der Waals surface area contributed by atoms with E-state index in [4.69, 9.17) is 4.98 Å². The SMILES string of the molecule is C.O=C(O)CC(c1cnc2ccccc2c1)C1CCN(C(=O)CCCc2ccc3c(n2)NCCC3)CC1. The number of para-hydroxylation sites is 1. The summed E-state index contributed by atoms with van der Waals surface area (Å²) in [5.74, 6) is 0.523. The smallest absolute Gasteiger partial charge is 0.303 e. The molecule has 2 aromatic heterocycles. The van der Waals surface area contributed by atoms with Crippen molar-refractivity contribution in [3.05, 3.63) is 65.5 Å². The molecule has 37 heavy (non-hydrogen) atoms. The predicted molar refractivity (Wildman–Crippen MR) is 147 cm³/mol. The number of nitrogens with zero attached hydrogens (tertiary/aromatic N) is 3. The zero-order valence-corrected chi connectivity index (χ0v) is 20.7. The van der Waals surface area contributed by atoms with Gasteiger partial charge in [0.25, 0.3) is 0 Å². The minimum Gasteiger partial charge on any atom is -0.481 e. The first-order valence-electron chi connectivity index (χ1n) is 13.1. The van der Waals surface area contributed by atoms with Crippen LogP contribution in [0.4, 0.5) is 5.82 Å². The van der Waals surface area contributed by atoms with Gasteiger partial charge in [0.15, 0.2) is 0 Å². The molecule has 7 nitrogen and oxygen atoms in total. The molecule has 0 saturated carbocycles. The number of aliphatic carboxylic acids is 1. The number of aryl methyl sites for hydroxylation is 2. The third-order valence-electron chi connectivity index (χ3n) is 7.67. The highest BCUT2D eigenvalue weighted by molar-refractivity contribution is 5.79. The van der Waals surface area contributed by atoms with Crippen molar-refractivity contribution < 1.29 is 14.7 Å². The highest BCUT2D eigenvalue weighted by atomic mass is 16.4. The molecule has 5 rings (SSSR count). The fraction of sp³-hybridized carbons (Fsp3) is 0.467. The summed E-state index contributed by atoms with van der Waals surface area (Å²) in [5.41, 5.74) is 4.21. The first-order valence-corrected chi connectivity index (χ1v) is 13.1. The summed E-state index contributed by atoms with van der Waals surface area (Å²) < 4.78 is 0. The largest absolute Gasteiger partial charge is 0.481 e. The van der Waals surface area contributed by atoms with Crippen molar-refractivity contribution in [2.75, 3.05) is 25.0 Å². The lowest BCUT2D eigenvalue weighted by atomic mass is 9.78. The van der Waals surface area contributed by atoms with Crippen molar-refractivity contribution in [1.29, 1.82) is 0 Å². The Morgan fingerprint density at radius 1 is 1.14 bits per heavy atom. The third kappa shape index (κ3) is 6.45. The van der Waals surface area contributed by atoms with Crippen LogP contribution in [0.3, 0.4) is 0 Å². The molecule has 2 aliphatic rings. The summed E-state index contributed by atoms with van der Waals surface area (Å²) in [6, 6.07) is 14.2. The number of nitrogens with one attached hydrogen (secondary N) is 1. The fourth-order valence-corrected chi connectivity index (χ4v) is 5.67. The number of carbonyl (C=O) groups excluding carboxylic acids is 1. The maximum atomic E-state index is 12.9. The number of anilines is 1. The van der Waals surface area contributed by atoms with Crippen molar-refractivity contribution in [3.8, 4) is 0 Å². The molecule has 1 unspecified atom stereocenters. The van der Waals surface area contributed by atoms with E-state index < -0.39 is 5.97 Å². The molecule has 0 aliphatic carbocycles. The average Bonchev–Trinajstić information content (AvgIpc) is 2.91. The first-order chi connectivity index (χ1) is 17.6. The molecule has 3 aromatic rings. The van der Waals surface area contributed by atoms with Gasteiger partial charge in [-0.05, 0) is 79.7 Å². The standard InChI is InChI=1S/C29H34N4O3.CH4/c34-27(9-3-7-24-11-10-21-6-4-14-30-29(21)32-24)33-15-12-20(13-16-33)25(18-28(35)36)23-17-22-5-1-2-8-26(22)31-19-23;/h1-2,5,8,10-11,17,19-20,25H,3-4,6-7,9,12-16,18H2,(H,30,32)(H,35,36);1H4. The van der Waals surface area contributed by atoms with Crippen LogP contribution in [-0.2, 0) is 22.4 Å². The van der Waals surface area contributed by atoms with Gasteiger partial charge in [0.05, 0.1) is 11.9 Å². The monoisotopic (exact) mass is 502 g/mol. The van der Waals surface area contributed by atoms with Gasteiger partial charge in [-0.15, -0.1) is 0 Å². The van der Waals surface area contributed by atoms with Gasteiger partial charge in [0.2, 0.25) is 5.91 Å². The van der Waals surface area contributed by atoms with Crippen molar-refractivity contribution in [2.45, 2.75) is 64.7 Å². The van der Waals surface area contributed by atoms with Gasteiger partial charge in [-0.2, -0.15) is 0 Å². The van der Waals surface area contributed by atoms with Crippen LogP contribution < -0.4 is 5.32 Å². The van der Waals surface area contributed by atoms with Crippen LogP contribution in [0.1, 0.15) is 68.7 Å². The zero-order valence-electron chi connectivity index (χ0n) is 20.7. The van der Waals surface area contributed by atoms with Gasteiger partial charge < -0.3 is 15.3 Å². The maximum absolute atomic E-state index is 12.9. The van der Waals surface area contributed by atoms with Crippen molar-refractivity contribution in [2.24, 2.45) is 5.92 Å². The quantitative estimate of drug-likeness (QED) is 0.426. The van der Waals surface area contributed by atoms with E-state index in [1.807, 2.05) is 35.4 Å². The van der Waals surface area contributed by atoms with E-state index in [-0.39, 0.29) is 31.6 Å². The normalized spacial score (nSPS) is 16.4. The first kappa shape index (κ1) is 26.6. The molecule has 1 fully saturated rings. The van der Waals surface area contributed by atoms with Crippen LogP contribution >= 0.6 is 0 Å². The number of piperidine rings is 1. The van der Waals surface area contributed by atoms with Crippen molar-refractivity contribution >= 4 is 28.6 Å². The number of carboxylic acids is 1. The second-order valence-electron chi connectivity index (χ2n) is 10.1. The molecule has 2 aliphatic heterocycles. The Morgan fingerprint density at radius 2 is 1.95 bits per heavy atom. The van der Waals surface area contributed by atoms with Gasteiger partial charge in [-0.3, -0.25) is 14.6 Å². The van der Waals surface area contributed by atoms with E-state index in [1.54, 1.807) is 0 Å². The molecule has 1 amide bonds. The molecule has 1 aromatic carbocycles. The summed E-state index contributed by atoms with van der Waals surface area (Å²) in [6.07, 6.45) is 7.87. The lowest BCUT2D eigenvalue weighted by Gasteiger charge is -2.36. The second kappa shape index (κ2) is 12.2. The number of amides is 1. The van der Waals surface area contributed by atoms with Gasteiger partial charge in [0, 0.05) is 43.3 Å². The molecule has 0 radical (unpaired) electrons. The zero-order chi connectivity index (χ0) is 24.9. The summed E-state index contributed by atoms with van der Waals surface area (Å²) in [6.45, 7) is 2.34. The van der Waals surface area contributed by atoms with E-state index >= 15 is 0 Å². The Balaban J connectivity index is 0.00000320. The van der Waals surface area contributed by atoms with E-state index in [2.05, 4.69) is 28.5 Å². The van der Waals surface area contributed by atoms with Gasteiger partial charge in [-0.1, -0.05) is 31.7 Å². The lowest BCUT2D eigenvalue weighted by molar-refractivity contribution is -0.138. The van der Waals surface area contributed by atoms with Gasteiger partial charge in [-0.25, -0.2) is 4.98 Å². The number of rotatable bonds is 8. The molecule has 1 saturated heterocycles. The molecule has 4 heterocycles. The summed E-state index contributed by atoms with van der Waals surface area (Å²) in [4.78, 5) is 35.8. The maximum Gasteiger partial charge on any atom is 0.303 e. The Morgan fingerprint density at radius 3 is 2.76 bits per heavy atom. The lowest BCUT2D eigenvalue weighted by Crippen LogP contribution is -2.40. The fourth-order valence-electron chi connectivity index (χ4n) is 5.67. The summed E-state index contributed by atoms with van der Waals surface area (Å²) in [5, 5.41) is 14.0. The molecule has 0 spiro atoms. The van der Waals surface area contributed by atoms with Crippen LogP contribution in [-0.4, -0.2) is 51.5 Å². The highest BCUT2D eigenvalue weighted by Crippen LogP contribution is 2.36. The number of hydrogen-bond donors (Lipinski definition) is 2. The Hall–Kier alpha value is -3.48. The Bertz CT molecular complexity index is 1240. The highest BCUT2D eigenvalue weighted by Gasteiger charge is 2.31. The minimum absolute atomic E-state index is 0. The molecule has 1 atom stereocenters. The molecular formula is C30H38N4O3. The number of pyridine rings is 2. The summed E-state index contributed by atoms with van der Waals surface area (Å²) >= 11 is 0. The van der Waals surface area contributed by atoms with E-state index in [1.165, 1.54) is 5.56 Å². The second-order valence-corrected chi connectivity index (χ2v) is 10.1. The van der Waals surface area contributed by atoms with Crippen molar-refractivity contribution in [1.82, 2.24) is 14.9 Å². The van der Waals surface area contributed by atoms with Gasteiger partial charge in [0.1, 0.15) is 5.82 Å². The Kier molecular flexibility index (Phi) is 8.74. The minimum atomic E-state index is -0.794.